The highest BCUT2D eigenvalue weighted by Gasteiger charge is 2.43. The molecule has 0 atom stereocenters. The first-order valence-corrected chi connectivity index (χ1v) is 18.5. The summed E-state index contributed by atoms with van der Waals surface area (Å²) in [7, 11) is -1.92. The summed E-state index contributed by atoms with van der Waals surface area (Å²) in [6.07, 6.45) is 0. The lowest BCUT2D eigenvalue weighted by Gasteiger charge is -2.42. The summed E-state index contributed by atoms with van der Waals surface area (Å²) in [6, 6.07) is 17.7. The van der Waals surface area contributed by atoms with Crippen LogP contribution in [0.5, 0.6) is 5.75 Å². The molecule has 8 nitrogen and oxygen atoms in total. The molecular weight excluding hydrogens is 569 g/mol. The Balaban J connectivity index is 1.31. The summed E-state index contributed by atoms with van der Waals surface area (Å²) < 4.78 is 13.1. The van der Waals surface area contributed by atoms with E-state index >= 15 is 0 Å². The molecule has 0 saturated heterocycles. The standard InChI is InChI=1S/C30H40N6O2S2Si/c1-9-36(10-2)24-15-11-22(12-16-24)33-35-29-31-28-26(39-29)19-27(40-28)34-32-23-13-17-25(18-14-23)37-20-38-41(7,8)30(5,6)21(3)4/h11-19,21H,9-10,20H2,1-8H3. The number of thiazole rings is 1. The fraction of sp³-hybridized carbons (Fsp3) is 0.433. The van der Waals surface area contributed by atoms with Crippen molar-refractivity contribution in [2.45, 2.75) is 59.7 Å². The number of azo groups is 2. The summed E-state index contributed by atoms with van der Waals surface area (Å²) in [6.45, 7) is 20.1. The molecule has 4 rings (SSSR count). The minimum atomic E-state index is -1.92. The van der Waals surface area contributed by atoms with E-state index in [0.29, 0.717) is 11.0 Å². The lowest BCUT2D eigenvalue weighted by Crippen LogP contribution is -2.45. The van der Waals surface area contributed by atoms with Gasteiger partial charge in [-0.05, 0) is 92.5 Å². The predicted octanol–water partition coefficient (Wildman–Crippen LogP) is 11.0. The van der Waals surface area contributed by atoms with Gasteiger partial charge in [-0.25, -0.2) is 4.98 Å². The second-order valence-corrected chi connectivity index (χ2v) is 17.7. The zero-order chi connectivity index (χ0) is 29.6. The number of thiophene rings is 1. The molecule has 2 heterocycles. The molecule has 0 bridgehead atoms. The minimum absolute atomic E-state index is 0.149. The van der Waals surface area contributed by atoms with Crippen LogP contribution in [0.25, 0.3) is 9.53 Å². The van der Waals surface area contributed by atoms with Crippen LogP contribution in [0.4, 0.5) is 27.2 Å². The van der Waals surface area contributed by atoms with Gasteiger partial charge in [-0.15, -0.1) is 20.5 Å². The topological polar surface area (TPSA) is 84.0 Å². The van der Waals surface area contributed by atoms with E-state index in [4.69, 9.17) is 9.16 Å². The average molecular weight is 609 g/mol. The first-order valence-electron chi connectivity index (χ1n) is 14.0. The van der Waals surface area contributed by atoms with Gasteiger partial charge < -0.3 is 14.1 Å². The van der Waals surface area contributed by atoms with E-state index in [0.717, 1.165) is 44.7 Å². The molecule has 0 amide bonds. The lowest BCUT2D eigenvalue weighted by molar-refractivity contribution is 0.102. The van der Waals surface area contributed by atoms with E-state index in [1.165, 1.54) is 28.4 Å². The highest BCUT2D eigenvalue weighted by atomic mass is 32.1. The summed E-state index contributed by atoms with van der Waals surface area (Å²) >= 11 is 2.98. The monoisotopic (exact) mass is 608 g/mol. The van der Waals surface area contributed by atoms with E-state index in [1.54, 1.807) is 0 Å². The third-order valence-electron chi connectivity index (χ3n) is 8.04. The quantitative estimate of drug-likeness (QED) is 0.0858. The zero-order valence-electron chi connectivity index (χ0n) is 25.2. The van der Waals surface area contributed by atoms with Crippen molar-refractivity contribution in [1.29, 1.82) is 0 Å². The highest BCUT2D eigenvalue weighted by molar-refractivity contribution is 7.30. The number of aromatic nitrogens is 1. The molecule has 0 unspecified atom stereocenters. The molecule has 4 aromatic rings. The molecule has 0 radical (unpaired) electrons. The van der Waals surface area contributed by atoms with E-state index in [2.05, 4.69) is 97.1 Å². The smallest absolute Gasteiger partial charge is 0.231 e. The summed E-state index contributed by atoms with van der Waals surface area (Å²) in [5.74, 6) is 1.29. The second-order valence-electron chi connectivity index (χ2n) is 11.1. The van der Waals surface area contributed by atoms with Crippen molar-refractivity contribution in [2.75, 3.05) is 24.8 Å². The lowest BCUT2D eigenvalue weighted by atomic mass is 9.99. The fourth-order valence-electron chi connectivity index (χ4n) is 4.07. The molecule has 0 fully saturated rings. The van der Waals surface area contributed by atoms with Gasteiger partial charge >= 0.3 is 0 Å². The molecule has 0 aliphatic rings. The maximum absolute atomic E-state index is 6.24. The molecule has 2 aromatic carbocycles. The van der Waals surface area contributed by atoms with Crippen LogP contribution in [-0.2, 0) is 4.43 Å². The van der Waals surface area contributed by atoms with Crippen LogP contribution in [0.2, 0.25) is 18.1 Å². The second kappa shape index (κ2) is 13.3. The van der Waals surface area contributed by atoms with Gasteiger partial charge in [-0.3, -0.25) is 0 Å². The van der Waals surface area contributed by atoms with Gasteiger partial charge in [0.2, 0.25) is 5.13 Å². The van der Waals surface area contributed by atoms with Gasteiger partial charge in [0.25, 0.3) is 0 Å². The fourth-order valence-corrected chi connectivity index (χ4v) is 8.03. The van der Waals surface area contributed by atoms with E-state index < -0.39 is 8.32 Å². The van der Waals surface area contributed by atoms with Crippen molar-refractivity contribution in [1.82, 2.24) is 4.98 Å². The first kappa shape index (κ1) is 31.0. The number of benzene rings is 2. The summed E-state index contributed by atoms with van der Waals surface area (Å²) in [4.78, 5) is 7.77. The van der Waals surface area contributed by atoms with Crippen LogP contribution in [0.1, 0.15) is 41.5 Å². The van der Waals surface area contributed by atoms with Crippen molar-refractivity contribution in [3.8, 4) is 5.75 Å². The number of fused-ring (bicyclic) bond motifs is 1. The SMILES string of the molecule is CCN(CC)c1ccc(N=Nc2nc3sc(N=Nc4ccc(OCO[Si](C)(C)C(C)(C)C(C)C)cc4)cc3s2)cc1. The Hall–Kier alpha value is -2.99. The number of hydrogen-bond acceptors (Lipinski definition) is 10. The van der Waals surface area contributed by atoms with Crippen LogP contribution in [0, 0.1) is 5.92 Å². The summed E-state index contributed by atoms with van der Waals surface area (Å²) in [5.41, 5.74) is 2.74. The van der Waals surface area contributed by atoms with Gasteiger partial charge in [0.15, 0.2) is 15.1 Å². The first-order chi connectivity index (χ1) is 19.5. The van der Waals surface area contributed by atoms with E-state index in [9.17, 15) is 0 Å². The molecule has 0 aliphatic heterocycles. The van der Waals surface area contributed by atoms with Crippen LogP contribution < -0.4 is 9.64 Å². The van der Waals surface area contributed by atoms with Crippen LogP contribution in [0.15, 0.2) is 75.1 Å². The maximum Gasteiger partial charge on any atom is 0.231 e. The van der Waals surface area contributed by atoms with Crippen molar-refractivity contribution >= 4 is 67.7 Å². The average Bonchev–Trinajstić information content (AvgIpc) is 3.51. The van der Waals surface area contributed by atoms with Crippen LogP contribution in [-0.4, -0.2) is 33.2 Å². The third-order valence-corrected chi connectivity index (χ3v) is 14.5. The van der Waals surface area contributed by atoms with Gasteiger partial charge in [-0.2, -0.15) is 0 Å². The number of ether oxygens (including phenoxy) is 1. The van der Waals surface area contributed by atoms with Crippen molar-refractivity contribution in [3.05, 3.63) is 54.6 Å². The molecule has 0 aliphatic carbocycles. The van der Waals surface area contributed by atoms with Gasteiger partial charge in [0, 0.05) is 18.8 Å². The maximum atomic E-state index is 6.24. The largest absolute Gasteiger partial charge is 0.469 e. The number of nitrogens with zero attached hydrogens (tertiary/aromatic N) is 6. The molecule has 0 N–H and O–H groups in total. The summed E-state index contributed by atoms with van der Waals surface area (Å²) in [5, 5.41) is 19.1. The Morgan fingerprint density at radius 3 is 2.07 bits per heavy atom. The molecule has 41 heavy (non-hydrogen) atoms. The minimum Gasteiger partial charge on any atom is -0.469 e. The molecule has 0 saturated carbocycles. The Morgan fingerprint density at radius 2 is 1.49 bits per heavy atom. The van der Waals surface area contributed by atoms with Crippen LogP contribution >= 0.6 is 22.7 Å². The molecule has 11 heteroatoms. The van der Waals surface area contributed by atoms with Crippen molar-refractivity contribution in [2.24, 2.45) is 26.4 Å². The third kappa shape index (κ3) is 7.65. The Bertz CT molecular complexity index is 1440. The van der Waals surface area contributed by atoms with E-state index in [1.807, 2.05) is 42.5 Å². The number of hydrogen-bond donors (Lipinski definition) is 0. The number of rotatable bonds is 13. The Labute approximate surface area is 252 Å². The van der Waals surface area contributed by atoms with Crippen molar-refractivity contribution < 1.29 is 9.16 Å². The Kier molecular flexibility index (Phi) is 10.1. The van der Waals surface area contributed by atoms with Crippen LogP contribution in [0.3, 0.4) is 0 Å². The molecule has 218 valence electrons. The zero-order valence-corrected chi connectivity index (χ0v) is 27.8. The predicted molar refractivity (Wildman–Crippen MR) is 175 cm³/mol. The number of anilines is 1. The normalized spacial score (nSPS) is 12.8. The molecule has 2 aromatic heterocycles. The van der Waals surface area contributed by atoms with Gasteiger partial charge in [0.05, 0.1) is 16.1 Å². The Morgan fingerprint density at radius 1 is 0.878 bits per heavy atom. The molecule has 0 spiro atoms. The van der Waals surface area contributed by atoms with E-state index in [-0.39, 0.29) is 11.8 Å². The van der Waals surface area contributed by atoms with Gasteiger partial charge in [-0.1, -0.05) is 50.4 Å². The highest BCUT2D eigenvalue weighted by Crippen LogP contribution is 2.44. The molecular formula is C30H40N6O2S2Si. The van der Waals surface area contributed by atoms with Crippen molar-refractivity contribution in [3.63, 3.8) is 0 Å². The van der Waals surface area contributed by atoms with Gasteiger partial charge in [0.1, 0.15) is 15.6 Å².